The van der Waals surface area contributed by atoms with Crippen LogP contribution in [0.4, 0.5) is 11.4 Å². The van der Waals surface area contributed by atoms with Crippen LogP contribution in [-0.4, -0.2) is 20.6 Å². The van der Waals surface area contributed by atoms with Crippen molar-refractivity contribution >= 4 is 38.9 Å². The Balaban J connectivity index is 2.19. The maximum Gasteiger partial charge on any atom is 0.255 e. The second kappa shape index (κ2) is 6.60. The van der Waals surface area contributed by atoms with E-state index in [2.05, 4.69) is 10.0 Å². The standard InChI is InChI=1S/C16H17ClN2O3S/c1-10-4-6-13(9-14(10)17)18-16(20)12-5-7-15(11(2)8-12)19-23(3,21)22/h4-9,19H,1-3H3,(H,18,20). The Morgan fingerprint density at radius 3 is 2.30 bits per heavy atom. The minimum Gasteiger partial charge on any atom is -0.322 e. The van der Waals surface area contributed by atoms with Crippen molar-refractivity contribution in [3.05, 3.63) is 58.1 Å². The Morgan fingerprint density at radius 1 is 1.04 bits per heavy atom. The minimum atomic E-state index is -3.36. The van der Waals surface area contributed by atoms with Crippen LogP contribution in [0.15, 0.2) is 36.4 Å². The molecule has 0 unspecified atom stereocenters. The van der Waals surface area contributed by atoms with Crippen molar-refractivity contribution in [1.82, 2.24) is 0 Å². The molecule has 0 saturated carbocycles. The van der Waals surface area contributed by atoms with E-state index in [0.29, 0.717) is 27.5 Å². The van der Waals surface area contributed by atoms with Crippen LogP contribution < -0.4 is 10.0 Å². The quantitative estimate of drug-likeness (QED) is 0.883. The van der Waals surface area contributed by atoms with Gasteiger partial charge in [0.15, 0.2) is 0 Å². The van der Waals surface area contributed by atoms with E-state index in [-0.39, 0.29) is 5.91 Å². The largest absolute Gasteiger partial charge is 0.322 e. The first-order valence-corrected chi connectivity index (χ1v) is 9.08. The third kappa shape index (κ3) is 4.71. The molecule has 2 N–H and O–H groups in total. The molecule has 0 atom stereocenters. The highest BCUT2D eigenvalue weighted by Gasteiger charge is 2.11. The SMILES string of the molecule is Cc1ccc(NC(=O)c2ccc(NS(C)(=O)=O)c(C)c2)cc1Cl. The first-order chi connectivity index (χ1) is 10.7. The van der Waals surface area contributed by atoms with Gasteiger partial charge < -0.3 is 5.32 Å². The molecule has 0 aromatic heterocycles. The highest BCUT2D eigenvalue weighted by Crippen LogP contribution is 2.22. The number of hydrogen-bond acceptors (Lipinski definition) is 3. The molecule has 2 aromatic carbocycles. The summed E-state index contributed by atoms with van der Waals surface area (Å²) >= 11 is 6.03. The monoisotopic (exact) mass is 352 g/mol. The van der Waals surface area contributed by atoms with Crippen LogP contribution in [0, 0.1) is 13.8 Å². The van der Waals surface area contributed by atoms with E-state index < -0.39 is 10.0 Å². The smallest absolute Gasteiger partial charge is 0.255 e. The Hall–Kier alpha value is -2.05. The Labute approximate surface area is 140 Å². The summed E-state index contributed by atoms with van der Waals surface area (Å²) in [6.45, 7) is 3.61. The van der Waals surface area contributed by atoms with Gasteiger partial charge in [0.05, 0.1) is 11.9 Å². The number of rotatable bonds is 4. The first kappa shape index (κ1) is 17.3. The summed E-state index contributed by atoms with van der Waals surface area (Å²) in [5.41, 5.74) is 3.06. The van der Waals surface area contributed by atoms with Crippen molar-refractivity contribution in [1.29, 1.82) is 0 Å². The fraction of sp³-hybridized carbons (Fsp3) is 0.188. The van der Waals surface area contributed by atoms with Gasteiger partial charge in [-0.2, -0.15) is 0 Å². The van der Waals surface area contributed by atoms with E-state index in [9.17, 15) is 13.2 Å². The van der Waals surface area contributed by atoms with Gasteiger partial charge in [0.25, 0.3) is 5.91 Å². The normalized spacial score (nSPS) is 11.1. The third-order valence-electron chi connectivity index (χ3n) is 3.21. The van der Waals surface area contributed by atoms with Crippen LogP contribution >= 0.6 is 11.6 Å². The van der Waals surface area contributed by atoms with Crippen LogP contribution in [0.25, 0.3) is 0 Å². The summed E-state index contributed by atoms with van der Waals surface area (Å²) < 4.78 is 24.9. The molecule has 0 aliphatic heterocycles. The molecular formula is C16H17ClN2O3S. The molecule has 23 heavy (non-hydrogen) atoms. The van der Waals surface area contributed by atoms with E-state index in [0.717, 1.165) is 11.8 Å². The zero-order chi connectivity index (χ0) is 17.2. The van der Waals surface area contributed by atoms with Crippen molar-refractivity contribution in [2.24, 2.45) is 0 Å². The molecule has 0 spiro atoms. The first-order valence-electron chi connectivity index (χ1n) is 6.81. The number of benzene rings is 2. The van der Waals surface area contributed by atoms with E-state index in [1.165, 1.54) is 0 Å². The van der Waals surface area contributed by atoms with Crippen molar-refractivity contribution in [3.8, 4) is 0 Å². The van der Waals surface area contributed by atoms with Crippen molar-refractivity contribution in [2.45, 2.75) is 13.8 Å². The van der Waals surface area contributed by atoms with Gasteiger partial charge in [-0.3, -0.25) is 9.52 Å². The zero-order valence-electron chi connectivity index (χ0n) is 13.0. The number of anilines is 2. The van der Waals surface area contributed by atoms with E-state index in [1.54, 1.807) is 37.3 Å². The molecule has 5 nitrogen and oxygen atoms in total. The number of carbonyl (C=O) groups is 1. The Morgan fingerprint density at radius 2 is 1.74 bits per heavy atom. The summed E-state index contributed by atoms with van der Waals surface area (Å²) in [4.78, 5) is 12.3. The van der Waals surface area contributed by atoms with Gasteiger partial charge in [0, 0.05) is 16.3 Å². The van der Waals surface area contributed by atoms with Crippen LogP contribution in [0.3, 0.4) is 0 Å². The molecule has 0 saturated heterocycles. The lowest BCUT2D eigenvalue weighted by molar-refractivity contribution is 0.102. The third-order valence-corrected chi connectivity index (χ3v) is 4.21. The minimum absolute atomic E-state index is 0.293. The average Bonchev–Trinajstić information content (AvgIpc) is 2.43. The number of nitrogens with one attached hydrogen (secondary N) is 2. The summed E-state index contributed by atoms with van der Waals surface area (Å²) in [5.74, 6) is -0.293. The maximum atomic E-state index is 12.3. The average molecular weight is 353 g/mol. The number of aryl methyl sites for hydroxylation is 2. The highest BCUT2D eigenvalue weighted by molar-refractivity contribution is 7.92. The second-order valence-corrected chi connectivity index (χ2v) is 7.48. The molecule has 0 heterocycles. The van der Waals surface area contributed by atoms with Crippen LogP contribution in [0.5, 0.6) is 0 Å². The molecule has 0 aliphatic carbocycles. The predicted molar refractivity (Wildman–Crippen MR) is 93.8 cm³/mol. The molecular weight excluding hydrogens is 336 g/mol. The van der Waals surface area contributed by atoms with Crippen molar-refractivity contribution in [3.63, 3.8) is 0 Å². The number of carbonyl (C=O) groups excluding carboxylic acids is 1. The Bertz CT molecular complexity index is 864. The van der Waals surface area contributed by atoms with Crippen molar-refractivity contribution in [2.75, 3.05) is 16.3 Å². The molecule has 0 fully saturated rings. The van der Waals surface area contributed by atoms with Gasteiger partial charge in [-0.1, -0.05) is 17.7 Å². The van der Waals surface area contributed by atoms with E-state index in [1.807, 2.05) is 13.0 Å². The van der Waals surface area contributed by atoms with Gasteiger partial charge in [0.1, 0.15) is 0 Å². The van der Waals surface area contributed by atoms with Gasteiger partial charge in [-0.05, 0) is 55.3 Å². The summed E-state index contributed by atoms with van der Waals surface area (Å²) in [6, 6.07) is 10.0. The molecule has 2 aromatic rings. The lowest BCUT2D eigenvalue weighted by Gasteiger charge is -2.10. The topological polar surface area (TPSA) is 75.3 Å². The van der Waals surface area contributed by atoms with Gasteiger partial charge in [0.2, 0.25) is 10.0 Å². The predicted octanol–water partition coefficient (Wildman–Crippen LogP) is 3.58. The fourth-order valence-electron chi connectivity index (χ4n) is 1.99. The van der Waals surface area contributed by atoms with E-state index in [4.69, 9.17) is 11.6 Å². The lowest BCUT2D eigenvalue weighted by atomic mass is 10.1. The van der Waals surface area contributed by atoms with Crippen LogP contribution in [0.2, 0.25) is 5.02 Å². The maximum absolute atomic E-state index is 12.3. The summed E-state index contributed by atoms with van der Waals surface area (Å²) in [7, 11) is -3.36. The number of halogens is 1. The van der Waals surface area contributed by atoms with Crippen LogP contribution in [-0.2, 0) is 10.0 Å². The summed E-state index contributed by atoms with van der Waals surface area (Å²) in [6.07, 6.45) is 1.08. The van der Waals surface area contributed by atoms with Crippen molar-refractivity contribution < 1.29 is 13.2 Å². The zero-order valence-corrected chi connectivity index (χ0v) is 14.5. The molecule has 0 bridgehead atoms. The van der Waals surface area contributed by atoms with Gasteiger partial charge in [-0.25, -0.2) is 8.42 Å². The van der Waals surface area contributed by atoms with Gasteiger partial charge in [-0.15, -0.1) is 0 Å². The fourth-order valence-corrected chi connectivity index (χ4v) is 2.80. The van der Waals surface area contributed by atoms with Gasteiger partial charge >= 0.3 is 0 Å². The number of sulfonamides is 1. The van der Waals surface area contributed by atoms with E-state index >= 15 is 0 Å². The molecule has 0 aliphatic rings. The van der Waals surface area contributed by atoms with Crippen LogP contribution in [0.1, 0.15) is 21.5 Å². The second-order valence-electron chi connectivity index (χ2n) is 5.32. The number of amides is 1. The Kier molecular flexibility index (Phi) is 4.97. The molecule has 0 radical (unpaired) electrons. The lowest BCUT2D eigenvalue weighted by Crippen LogP contribution is -2.14. The molecule has 2 rings (SSSR count). The number of hydrogen-bond donors (Lipinski definition) is 2. The highest BCUT2D eigenvalue weighted by atomic mass is 35.5. The molecule has 1 amide bonds. The molecule has 7 heteroatoms. The summed E-state index contributed by atoms with van der Waals surface area (Å²) in [5, 5.41) is 3.33. The molecule has 122 valence electrons.